The minimum absolute atomic E-state index is 0.0125. The molecule has 0 spiro atoms. The van der Waals surface area contributed by atoms with Crippen LogP contribution in [0, 0.1) is 23.2 Å². The van der Waals surface area contributed by atoms with Gasteiger partial charge in [-0.2, -0.15) is 0 Å². The van der Waals surface area contributed by atoms with Gasteiger partial charge in [-0.25, -0.2) is 12.7 Å². The number of amides is 2. The average molecular weight is 740 g/mol. The van der Waals surface area contributed by atoms with Crippen LogP contribution in [-0.4, -0.2) is 84.7 Å². The fraction of sp³-hybridized carbons (Fsp3) is 0.432. The molecule has 2 unspecified atom stereocenters. The highest BCUT2D eigenvalue weighted by atomic mass is 35.5. The molecular formula is C37H42ClN3O9S. The summed E-state index contributed by atoms with van der Waals surface area (Å²) in [6.07, 6.45) is 0.925. The Labute approximate surface area is 302 Å². The van der Waals surface area contributed by atoms with Crippen molar-refractivity contribution in [2.45, 2.75) is 36.0 Å². The minimum Gasteiger partial charge on any atom is -0.497 e. The molecule has 2 aliphatic heterocycles. The lowest BCUT2D eigenvalue weighted by molar-refractivity contribution is -0.165. The summed E-state index contributed by atoms with van der Waals surface area (Å²) < 4.78 is 47.2. The first-order chi connectivity index (χ1) is 24.3. The summed E-state index contributed by atoms with van der Waals surface area (Å²) in [6, 6.07) is 15.0. The number of rotatable bonds is 10. The van der Waals surface area contributed by atoms with Gasteiger partial charge >= 0.3 is 5.97 Å². The number of carboxylic acid groups (broad SMARTS) is 1. The van der Waals surface area contributed by atoms with Gasteiger partial charge in [0, 0.05) is 36.7 Å². The highest BCUT2D eigenvalue weighted by Crippen LogP contribution is 2.65. The van der Waals surface area contributed by atoms with E-state index in [4.69, 9.17) is 25.8 Å². The quantitative estimate of drug-likeness (QED) is 0.303. The molecule has 272 valence electrons. The van der Waals surface area contributed by atoms with Crippen molar-refractivity contribution in [1.29, 1.82) is 0 Å². The number of halogens is 1. The number of sulfonamides is 1. The molecule has 3 aromatic carbocycles. The van der Waals surface area contributed by atoms with Crippen molar-refractivity contribution in [3.63, 3.8) is 0 Å². The lowest BCUT2D eigenvalue weighted by Crippen LogP contribution is -2.61. The van der Waals surface area contributed by atoms with Crippen molar-refractivity contribution in [2.75, 3.05) is 52.8 Å². The number of carboxylic acids is 1. The summed E-state index contributed by atoms with van der Waals surface area (Å²) in [6.45, 7) is 1.36. The molecule has 14 heteroatoms. The van der Waals surface area contributed by atoms with E-state index in [2.05, 4.69) is 5.32 Å². The zero-order valence-corrected chi connectivity index (χ0v) is 30.7. The second kappa shape index (κ2) is 13.7. The van der Waals surface area contributed by atoms with E-state index in [1.54, 1.807) is 38.4 Å². The molecule has 51 heavy (non-hydrogen) atoms. The molecule has 0 aromatic heterocycles. The molecule has 5 atom stereocenters. The number of ether oxygens (including phenoxy) is 3. The van der Waals surface area contributed by atoms with E-state index in [0.29, 0.717) is 23.0 Å². The number of aliphatic carboxylic acids is 1. The molecule has 2 heterocycles. The average Bonchev–Trinajstić information content (AvgIpc) is 3.76. The number of fused-ring (bicyclic) bond motifs is 1. The molecule has 1 saturated heterocycles. The number of carbonyl (C=O) groups is 3. The van der Waals surface area contributed by atoms with E-state index in [0.717, 1.165) is 13.0 Å². The van der Waals surface area contributed by atoms with Crippen LogP contribution in [0.5, 0.6) is 17.2 Å². The lowest BCUT2D eigenvalue weighted by Gasteiger charge is -2.52. The van der Waals surface area contributed by atoms with Crippen LogP contribution in [0.4, 0.5) is 5.69 Å². The number of anilines is 1. The monoisotopic (exact) mass is 739 g/mol. The number of hydrogen-bond donors (Lipinski definition) is 2. The van der Waals surface area contributed by atoms with Crippen LogP contribution < -0.4 is 23.8 Å². The van der Waals surface area contributed by atoms with Crippen LogP contribution in [0.15, 0.2) is 65.6 Å². The molecule has 3 aromatic rings. The van der Waals surface area contributed by atoms with E-state index in [-0.39, 0.29) is 68.8 Å². The molecule has 2 N–H and O–H groups in total. The first kappa shape index (κ1) is 36.5. The third-order valence-electron chi connectivity index (χ3n) is 11.0. The molecule has 3 aliphatic rings. The summed E-state index contributed by atoms with van der Waals surface area (Å²) in [7, 11) is 2.56. The van der Waals surface area contributed by atoms with Crippen LogP contribution in [0.25, 0.3) is 0 Å². The first-order valence-electron chi connectivity index (χ1n) is 16.7. The molecular weight excluding hydrogens is 698 g/mol. The summed E-state index contributed by atoms with van der Waals surface area (Å²) in [5.74, 6) is -3.26. The molecule has 0 bridgehead atoms. The third kappa shape index (κ3) is 5.60. The fourth-order valence-electron chi connectivity index (χ4n) is 8.74. The molecule has 2 amide bonds. The number of nitrogens with zero attached hydrogens (tertiary/aromatic N) is 2. The lowest BCUT2D eigenvalue weighted by atomic mass is 9.48. The number of nitrogens with one attached hydrogen (secondary N) is 1. The van der Waals surface area contributed by atoms with Crippen LogP contribution >= 0.6 is 11.6 Å². The van der Waals surface area contributed by atoms with Gasteiger partial charge in [0.2, 0.25) is 5.91 Å². The Balaban J connectivity index is 1.72. The van der Waals surface area contributed by atoms with E-state index < -0.39 is 38.6 Å². The van der Waals surface area contributed by atoms with Crippen LogP contribution in [-0.2, 0) is 29.8 Å². The second-order valence-corrected chi connectivity index (χ2v) is 15.9. The number of para-hydroxylation sites is 1. The Bertz CT molecular complexity index is 1980. The minimum atomic E-state index is -4.80. The van der Waals surface area contributed by atoms with Gasteiger partial charge in [-0.1, -0.05) is 29.8 Å². The van der Waals surface area contributed by atoms with Crippen molar-refractivity contribution >= 4 is 45.1 Å². The largest absolute Gasteiger partial charge is 0.497 e. The third-order valence-corrected chi connectivity index (χ3v) is 12.9. The van der Waals surface area contributed by atoms with Gasteiger partial charge in [0.15, 0.2) is 0 Å². The maximum Gasteiger partial charge on any atom is 0.311 e. The number of carbonyl (C=O) groups excluding carboxylic acids is 2. The fourth-order valence-corrected chi connectivity index (χ4v) is 10.5. The molecule has 1 aliphatic carbocycles. The van der Waals surface area contributed by atoms with Gasteiger partial charge in [-0.3, -0.25) is 14.4 Å². The maximum atomic E-state index is 15.9. The predicted molar refractivity (Wildman–Crippen MR) is 190 cm³/mol. The Morgan fingerprint density at radius 3 is 2.29 bits per heavy atom. The van der Waals surface area contributed by atoms with Crippen molar-refractivity contribution in [2.24, 2.45) is 23.2 Å². The van der Waals surface area contributed by atoms with Gasteiger partial charge in [0.25, 0.3) is 15.9 Å². The van der Waals surface area contributed by atoms with Crippen molar-refractivity contribution in [3.8, 4) is 17.2 Å². The number of methoxy groups -OCH3 is 3. The topological polar surface area (TPSA) is 152 Å². The standard InChI is InChI=1S/C37H42ClN3O9S/c1-40(2)33(42)24-16-23(22-14-15-39-21-22)19-36(20-24,35(44)45)37(27-8-6-7-9-30(27)49-4)28-17-25(38)10-12-29(28)41(34(37)43)51(46,47)32-13-11-26(48-3)18-31(32)50-5/h6-13,17-18,22-24,39H,14-16,19-21H2,1-5H3,(H,44,45)/t22?,23-,24+,36?,37-/m1/s1. The molecule has 2 fully saturated rings. The molecule has 12 nitrogen and oxygen atoms in total. The van der Waals surface area contributed by atoms with Crippen molar-refractivity contribution < 1.29 is 42.1 Å². The Hall–Kier alpha value is -4.33. The predicted octanol–water partition coefficient (Wildman–Crippen LogP) is 4.57. The first-order valence-corrected chi connectivity index (χ1v) is 18.5. The summed E-state index contributed by atoms with van der Waals surface area (Å²) >= 11 is 6.68. The Morgan fingerprint density at radius 2 is 1.67 bits per heavy atom. The van der Waals surface area contributed by atoms with Crippen LogP contribution in [0.2, 0.25) is 5.02 Å². The summed E-state index contributed by atoms with van der Waals surface area (Å²) in [4.78, 5) is 45.3. The molecule has 6 rings (SSSR count). The zero-order chi connectivity index (χ0) is 36.9. The van der Waals surface area contributed by atoms with Gasteiger partial charge in [-0.15, -0.1) is 0 Å². The van der Waals surface area contributed by atoms with Gasteiger partial charge in [0.1, 0.15) is 27.6 Å². The highest BCUT2D eigenvalue weighted by Gasteiger charge is 2.72. The smallest absolute Gasteiger partial charge is 0.311 e. The number of benzene rings is 3. The van der Waals surface area contributed by atoms with Crippen molar-refractivity contribution in [1.82, 2.24) is 10.2 Å². The normalized spacial score (nSPS) is 26.0. The summed E-state index contributed by atoms with van der Waals surface area (Å²) in [5, 5.41) is 15.3. The molecule has 1 saturated carbocycles. The van der Waals surface area contributed by atoms with Crippen molar-refractivity contribution in [3.05, 3.63) is 76.8 Å². The highest BCUT2D eigenvalue weighted by molar-refractivity contribution is 7.93. The van der Waals surface area contributed by atoms with Gasteiger partial charge < -0.3 is 29.5 Å². The number of hydrogen-bond acceptors (Lipinski definition) is 9. The van der Waals surface area contributed by atoms with E-state index >= 15 is 4.79 Å². The van der Waals surface area contributed by atoms with E-state index in [1.807, 2.05) is 0 Å². The SMILES string of the molecule is COc1ccc(S(=O)(=O)N2C(=O)[C@](c3ccccc3OC)(C3(C(=O)O)C[C@@H](C(=O)N(C)C)C[C@@H](C4CCNC4)C3)c3cc(Cl)ccc32)c(OC)c1. The van der Waals surface area contributed by atoms with Crippen LogP contribution in [0.3, 0.4) is 0 Å². The Morgan fingerprint density at radius 1 is 0.941 bits per heavy atom. The van der Waals surface area contributed by atoms with Gasteiger partial charge in [0.05, 0.1) is 32.4 Å². The van der Waals surface area contributed by atoms with Gasteiger partial charge in [-0.05, 0) is 92.6 Å². The summed E-state index contributed by atoms with van der Waals surface area (Å²) in [5.41, 5.74) is -4.09. The Kier molecular flexibility index (Phi) is 9.77. The van der Waals surface area contributed by atoms with Crippen LogP contribution in [0.1, 0.15) is 36.8 Å². The molecule has 0 radical (unpaired) electrons. The van der Waals surface area contributed by atoms with E-state index in [1.165, 1.54) is 62.6 Å². The zero-order valence-electron chi connectivity index (χ0n) is 29.1. The van der Waals surface area contributed by atoms with E-state index in [9.17, 15) is 23.1 Å². The second-order valence-electron chi connectivity index (χ2n) is 13.7. The maximum absolute atomic E-state index is 15.9.